The van der Waals surface area contributed by atoms with Crippen LogP contribution in [-0.4, -0.2) is 101 Å². The molecule has 0 saturated carbocycles. The summed E-state index contributed by atoms with van der Waals surface area (Å²) in [5, 5.41) is 17.4. The van der Waals surface area contributed by atoms with Crippen molar-refractivity contribution in [2.24, 2.45) is 5.73 Å². The summed E-state index contributed by atoms with van der Waals surface area (Å²) in [6, 6.07) is -3.48. The second-order valence-corrected chi connectivity index (χ2v) is 11.2. The van der Waals surface area contributed by atoms with Gasteiger partial charge in [0.15, 0.2) is 0 Å². The summed E-state index contributed by atoms with van der Waals surface area (Å²) in [4.78, 5) is 49.8. The Morgan fingerprint density at radius 3 is 1.36 bits per heavy atom. The van der Waals surface area contributed by atoms with E-state index in [1.54, 1.807) is 11.8 Å². The highest BCUT2D eigenvalue weighted by atomic mass is 32.2. The second kappa shape index (κ2) is 19.5. The SMILES string of the molecule is CSCCC(N)C(=O)NC(CCSC)C(=O)NC(CCSC)C(=O)NC(CCSC)C(=O)O. The van der Waals surface area contributed by atoms with Crippen LogP contribution in [0.4, 0.5) is 0 Å². The van der Waals surface area contributed by atoms with E-state index >= 15 is 0 Å². The predicted molar refractivity (Wildman–Crippen MR) is 143 cm³/mol. The molecule has 33 heavy (non-hydrogen) atoms. The van der Waals surface area contributed by atoms with Crippen LogP contribution in [0.2, 0.25) is 0 Å². The Bertz CT molecular complexity index is 615. The van der Waals surface area contributed by atoms with Gasteiger partial charge in [0.1, 0.15) is 18.1 Å². The molecule has 0 bridgehead atoms. The van der Waals surface area contributed by atoms with Crippen molar-refractivity contribution in [3.05, 3.63) is 0 Å². The van der Waals surface area contributed by atoms with Crippen molar-refractivity contribution in [2.75, 3.05) is 48.0 Å². The van der Waals surface area contributed by atoms with E-state index < -0.39 is 47.9 Å². The molecular formula is C20H38N4O5S4. The van der Waals surface area contributed by atoms with Crippen molar-refractivity contribution in [1.29, 1.82) is 0 Å². The summed E-state index contributed by atoms with van der Waals surface area (Å²) in [6.45, 7) is 0. The van der Waals surface area contributed by atoms with Gasteiger partial charge in [0.25, 0.3) is 0 Å². The number of hydrogen-bond donors (Lipinski definition) is 5. The molecule has 192 valence electrons. The molecule has 0 aromatic rings. The molecule has 0 heterocycles. The van der Waals surface area contributed by atoms with Crippen molar-refractivity contribution in [3.8, 4) is 0 Å². The van der Waals surface area contributed by atoms with Gasteiger partial charge in [-0.2, -0.15) is 47.0 Å². The molecule has 0 aromatic carbocycles. The van der Waals surface area contributed by atoms with E-state index in [0.29, 0.717) is 36.5 Å². The maximum absolute atomic E-state index is 13.0. The van der Waals surface area contributed by atoms with Crippen LogP contribution < -0.4 is 21.7 Å². The lowest BCUT2D eigenvalue weighted by Gasteiger charge is -2.25. The fourth-order valence-corrected chi connectivity index (χ4v) is 4.61. The Morgan fingerprint density at radius 1 is 0.636 bits per heavy atom. The molecule has 0 aliphatic carbocycles. The lowest BCUT2D eigenvalue weighted by molar-refractivity contribution is -0.142. The summed E-state index contributed by atoms with van der Waals surface area (Å²) < 4.78 is 0. The van der Waals surface area contributed by atoms with Crippen LogP contribution in [0.1, 0.15) is 25.7 Å². The van der Waals surface area contributed by atoms with Gasteiger partial charge in [0, 0.05) is 0 Å². The lowest BCUT2D eigenvalue weighted by atomic mass is 10.1. The number of rotatable bonds is 19. The van der Waals surface area contributed by atoms with Gasteiger partial charge < -0.3 is 26.8 Å². The van der Waals surface area contributed by atoms with Crippen LogP contribution in [0.25, 0.3) is 0 Å². The average molecular weight is 543 g/mol. The Labute approximate surface area is 214 Å². The lowest BCUT2D eigenvalue weighted by Crippen LogP contribution is -2.57. The first-order valence-electron chi connectivity index (χ1n) is 10.6. The number of carboxylic acid groups (broad SMARTS) is 1. The molecule has 0 aliphatic rings. The maximum atomic E-state index is 13.0. The summed E-state index contributed by atoms with van der Waals surface area (Å²) in [7, 11) is 0. The number of nitrogens with two attached hydrogens (primary N) is 1. The minimum absolute atomic E-state index is 0.284. The number of carbonyl (C=O) groups is 4. The van der Waals surface area contributed by atoms with Crippen LogP contribution in [0.5, 0.6) is 0 Å². The number of hydrogen-bond acceptors (Lipinski definition) is 9. The van der Waals surface area contributed by atoms with Gasteiger partial charge in [-0.15, -0.1) is 0 Å². The van der Waals surface area contributed by atoms with E-state index in [-0.39, 0.29) is 6.42 Å². The largest absolute Gasteiger partial charge is 0.480 e. The van der Waals surface area contributed by atoms with E-state index in [0.717, 1.165) is 5.75 Å². The molecule has 6 N–H and O–H groups in total. The molecule has 13 heteroatoms. The zero-order chi connectivity index (χ0) is 25.2. The standard InChI is InChI=1S/C20H38N4O5S4/c1-30-9-5-13(21)17(25)22-14(6-10-31-2)18(26)23-15(7-11-32-3)19(27)24-16(20(28)29)8-12-33-4/h13-16H,5-12,21H2,1-4H3,(H,22,25)(H,23,26)(H,24,27)(H,28,29). The highest BCUT2D eigenvalue weighted by molar-refractivity contribution is 7.99. The zero-order valence-corrected chi connectivity index (χ0v) is 23.0. The molecule has 0 radical (unpaired) electrons. The van der Waals surface area contributed by atoms with Crippen molar-refractivity contribution in [3.63, 3.8) is 0 Å². The number of amides is 3. The molecule has 4 atom stereocenters. The molecule has 0 spiro atoms. The summed E-state index contributed by atoms with van der Waals surface area (Å²) in [5.74, 6) is 0.00466. The van der Waals surface area contributed by atoms with Gasteiger partial charge >= 0.3 is 5.97 Å². The topological polar surface area (TPSA) is 151 Å². The molecule has 0 aromatic heterocycles. The quantitative estimate of drug-likeness (QED) is 0.159. The van der Waals surface area contributed by atoms with Crippen molar-refractivity contribution >= 4 is 70.7 Å². The van der Waals surface area contributed by atoms with Crippen LogP contribution >= 0.6 is 47.0 Å². The zero-order valence-electron chi connectivity index (χ0n) is 19.8. The molecule has 0 saturated heterocycles. The van der Waals surface area contributed by atoms with Crippen molar-refractivity contribution < 1.29 is 24.3 Å². The molecular weight excluding hydrogens is 505 g/mol. The third-order valence-corrected chi connectivity index (χ3v) is 7.26. The van der Waals surface area contributed by atoms with E-state index in [1.165, 1.54) is 35.3 Å². The molecule has 0 fully saturated rings. The van der Waals surface area contributed by atoms with E-state index in [2.05, 4.69) is 16.0 Å². The first-order valence-corrected chi connectivity index (χ1v) is 16.1. The van der Waals surface area contributed by atoms with E-state index in [1.807, 2.05) is 25.0 Å². The van der Waals surface area contributed by atoms with Gasteiger partial charge in [-0.25, -0.2) is 4.79 Å². The van der Waals surface area contributed by atoms with Crippen LogP contribution in [0, 0.1) is 0 Å². The fourth-order valence-electron chi connectivity index (χ4n) is 2.70. The predicted octanol–water partition coefficient (Wildman–Crippen LogP) is 0.865. The maximum Gasteiger partial charge on any atom is 0.326 e. The average Bonchev–Trinajstić information content (AvgIpc) is 2.79. The highest BCUT2D eigenvalue weighted by Gasteiger charge is 2.29. The second-order valence-electron chi connectivity index (χ2n) is 7.25. The van der Waals surface area contributed by atoms with Gasteiger partial charge in [-0.3, -0.25) is 14.4 Å². The Balaban J connectivity index is 5.32. The number of carbonyl (C=O) groups excluding carboxylic acids is 3. The molecule has 3 amide bonds. The van der Waals surface area contributed by atoms with Crippen LogP contribution in [-0.2, 0) is 19.2 Å². The smallest absolute Gasteiger partial charge is 0.326 e. The fraction of sp³-hybridized carbons (Fsp3) is 0.800. The Morgan fingerprint density at radius 2 is 0.970 bits per heavy atom. The van der Waals surface area contributed by atoms with Crippen LogP contribution in [0.3, 0.4) is 0 Å². The van der Waals surface area contributed by atoms with Crippen molar-refractivity contribution in [1.82, 2.24) is 16.0 Å². The highest BCUT2D eigenvalue weighted by Crippen LogP contribution is 2.08. The van der Waals surface area contributed by atoms with E-state index in [9.17, 15) is 24.3 Å². The summed E-state index contributed by atoms with van der Waals surface area (Å²) in [5.41, 5.74) is 5.93. The third-order valence-electron chi connectivity index (χ3n) is 4.68. The van der Waals surface area contributed by atoms with Gasteiger partial charge in [0.2, 0.25) is 17.7 Å². The number of carboxylic acids is 1. The minimum Gasteiger partial charge on any atom is -0.480 e. The molecule has 0 aliphatic heterocycles. The van der Waals surface area contributed by atoms with Gasteiger partial charge in [0.05, 0.1) is 6.04 Å². The summed E-state index contributed by atoms with van der Waals surface area (Å²) >= 11 is 6.13. The normalized spacial score (nSPS) is 14.6. The van der Waals surface area contributed by atoms with Gasteiger partial charge in [-0.1, -0.05) is 0 Å². The molecule has 0 rings (SSSR count). The number of thioether (sulfide) groups is 4. The van der Waals surface area contributed by atoms with Crippen LogP contribution in [0.15, 0.2) is 0 Å². The van der Waals surface area contributed by atoms with E-state index in [4.69, 9.17) is 5.73 Å². The first kappa shape index (κ1) is 32.2. The summed E-state index contributed by atoms with van der Waals surface area (Å²) in [6.07, 6.45) is 9.07. The Hall–Kier alpha value is -0.760. The number of nitrogens with one attached hydrogen (secondary N) is 3. The molecule has 4 unspecified atom stereocenters. The van der Waals surface area contributed by atoms with Gasteiger partial charge in [-0.05, 0) is 73.7 Å². The monoisotopic (exact) mass is 542 g/mol. The number of aliphatic carboxylic acids is 1. The van der Waals surface area contributed by atoms with Crippen molar-refractivity contribution in [2.45, 2.75) is 49.9 Å². The molecule has 9 nitrogen and oxygen atoms in total. The third kappa shape index (κ3) is 14.3. The first-order chi connectivity index (χ1) is 15.7. The minimum atomic E-state index is -1.11. The Kier molecular flexibility index (Phi) is 19.1.